The highest BCUT2D eigenvalue weighted by atomic mass is 79.9. The molecule has 2 atom stereocenters. The third-order valence-corrected chi connectivity index (χ3v) is 6.57. The van der Waals surface area contributed by atoms with Crippen molar-refractivity contribution < 1.29 is 0 Å². The largest absolute Gasteiger partial charge is 0.383 e. The molecule has 1 aliphatic rings. The first-order valence-corrected chi connectivity index (χ1v) is 8.01. The van der Waals surface area contributed by atoms with Crippen LogP contribution in [0.15, 0.2) is 4.47 Å². The first kappa shape index (κ1) is 12.5. The van der Waals surface area contributed by atoms with Crippen LogP contribution in [0.3, 0.4) is 0 Å². The highest BCUT2D eigenvalue weighted by molar-refractivity contribution is 9.10. The minimum atomic E-state index is 0.368. The van der Waals surface area contributed by atoms with Crippen molar-refractivity contribution in [3.05, 3.63) is 16.0 Å². The number of hydrogen-bond donors (Lipinski definition) is 1. The lowest BCUT2D eigenvalue weighted by Gasteiger charge is -2.26. The molecule has 88 valence electrons. The van der Waals surface area contributed by atoms with Gasteiger partial charge in [0.25, 0.3) is 0 Å². The van der Waals surface area contributed by atoms with Crippen molar-refractivity contribution in [1.29, 1.82) is 0 Å². The molecule has 6 heteroatoms. The fourth-order valence-electron chi connectivity index (χ4n) is 1.65. The van der Waals surface area contributed by atoms with E-state index >= 15 is 0 Å². The maximum absolute atomic E-state index is 5.86. The van der Waals surface area contributed by atoms with Crippen LogP contribution in [0.1, 0.15) is 23.7 Å². The van der Waals surface area contributed by atoms with Gasteiger partial charge in [-0.1, -0.05) is 6.92 Å². The maximum atomic E-state index is 5.86. The molecule has 2 unspecified atom stereocenters. The lowest BCUT2D eigenvalue weighted by Crippen LogP contribution is -2.19. The van der Waals surface area contributed by atoms with E-state index in [2.05, 4.69) is 32.8 Å². The number of aryl methyl sites for hydroxylation is 1. The first-order chi connectivity index (χ1) is 7.59. The maximum Gasteiger partial charge on any atom is 0.145 e. The van der Waals surface area contributed by atoms with Crippen LogP contribution in [-0.2, 0) is 0 Å². The molecule has 1 aliphatic heterocycles. The molecular formula is C10H14BrN3S2. The summed E-state index contributed by atoms with van der Waals surface area (Å²) in [4.78, 5) is 8.93. The number of nitrogens with two attached hydrogens (primary N) is 1. The summed E-state index contributed by atoms with van der Waals surface area (Å²) >= 11 is 7.30. The molecule has 0 spiro atoms. The lowest BCUT2D eigenvalue weighted by molar-refractivity contribution is 0.815. The van der Waals surface area contributed by atoms with Gasteiger partial charge in [-0.15, -0.1) is 11.8 Å². The summed E-state index contributed by atoms with van der Waals surface area (Å²) in [6.45, 7) is 4.19. The van der Waals surface area contributed by atoms with Crippen LogP contribution in [0.5, 0.6) is 0 Å². The average Bonchev–Trinajstić information content (AvgIpc) is 2.26. The summed E-state index contributed by atoms with van der Waals surface area (Å²) in [6, 6.07) is 0. The van der Waals surface area contributed by atoms with Gasteiger partial charge in [-0.2, -0.15) is 11.8 Å². The van der Waals surface area contributed by atoms with E-state index in [1.807, 2.05) is 30.4 Å². The van der Waals surface area contributed by atoms with Crippen molar-refractivity contribution in [3.63, 3.8) is 0 Å². The zero-order valence-electron chi connectivity index (χ0n) is 9.24. The molecule has 0 aromatic carbocycles. The topological polar surface area (TPSA) is 51.8 Å². The van der Waals surface area contributed by atoms with Crippen molar-refractivity contribution in [2.75, 3.05) is 17.2 Å². The predicted octanol–water partition coefficient (Wildman–Crippen LogP) is 3.04. The minimum Gasteiger partial charge on any atom is -0.383 e. The van der Waals surface area contributed by atoms with Crippen LogP contribution in [0.4, 0.5) is 5.82 Å². The van der Waals surface area contributed by atoms with Gasteiger partial charge in [0.1, 0.15) is 11.6 Å². The third kappa shape index (κ3) is 2.49. The number of nitrogen functional groups attached to an aromatic ring is 1. The minimum absolute atomic E-state index is 0.368. The molecule has 1 saturated heterocycles. The van der Waals surface area contributed by atoms with Gasteiger partial charge in [0.05, 0.1) is 15.4 Å². The summed E-state index contributed by atoms with van der Waals surface area (Å²) in [5.74, 6) is 3.81. The fraction of sp³-hybridized carbons (Fsp3) is 0.600. The van der Waals surface area contributed by atoms with Gasteiger partial charge in [-0.3, -0.25) is 0 Å². The normalized spacial score (nSPS) is 25.7. The van der Waals surface area contributed by atoms with Crippen LogP contribution >= 0.6 is 39.5 Å². The number of hydrogen-bond acceptors (Lipinski definition) is 5. The van der Waals surface area contributed by atoms with Crippen molar-refractivity contribution >= 4 is 45.3 Å². The molecule has 0 saturated carbocycles. The Kier molecular flexibility index (Phi) is 4.02. The molecule has 2 heterocycles. The van der Waals surface area contributed by atoms with Crippen molar-refractivity contribution in [3.8, 4) is 0 Å². The van der Waals surface area contributed by atoms with E-state index in [1.54, 1.807) is 0 Å². The molecule has 0 amide bonds. The molecule has 1 fully saturated rings. The SMILES string of the molecule is Cc1nc(C2SCCSC2C)nc(N)c1Br. The quantitative estimate of drug-likeness (QED) is 0.862. The average molecular weight is 320 g/mol. The number of halogens is 1. The van der Waals surface area contributed by atoms with Crippen molar-refractivity contribution in [2.45, 2.75) is 24.3 Å². The molecule has 16 heavy (non-hydrogen) atoms. The Labute approximate surface area is 113 Å². The van der Waals surface area contributed by atoms with E-state index in [0.29, 0.717) is 16.3 Å². The lowest BCUT2D eigenvalue weighted by atomic mass is 10.3. The zero-order chi connectivity index (χ0) is 11.7. The number of rotatable bonds is 1. The van der Waals surface area contributed by atoms with Crippen LogP contribution in [0.2, 0.25) is 0 Å². The van der Waals surface area contributed by atoms with E-state index in [-0.39, 0.29) is 0 Å². The highest BCUT2D eigenvalue weighted by Gasteiger charge is 2.27. The molecule has 0 radical (unpaired) electrons. The van der Waals surface area contributed by atoms with E-state index < -0.39 is 0 Å². The molecule has 3 nitrogen and oxygen atoms in total. The van der Waals surface area contributed by atoms with Gasteiger partial charge in [0.2, 0.25) is 0 Å². The van der Waals surface area contributed by atoms with E-state index in [4.69, 9.17) is 5.73 Å². The van der Waals surface area contributed by atoms with Gasteiger partial charge in [-0.25, -0.2) is 9.97 Å². The zero-order valence-corrected chi connectivity index (χ0v) is 12.5. The fourth-order valence-corrected chi connectivity index (χ4v) is 4.51. The third-order valence-electron chi connectivity index (χ3n) is 2.50. The molecule has 1 aromatic rings. The van der Waals surface area contributed by atoms with Crippen LogP contribution < -0.4 is 5.73 Å². The van der Waals surface area contributed by atoms with Gasteiger partial charge in [-0.05, 0) is 22.9 Å². The Bertz CT molecular complexity index is 377. The number of aromatic nitrogens is 2. The standard InChI is InChI=1S/C10H14BrN3S2/c1-5-7(11)9(12)14-10(13-5)8-6(2)15-3-4-16-8/h6,8H,3-4H2,1-2H3,(H2,12,13,14). The molecule has 2 rings (SSSR count). The van der Waals surface area contributed by atoms with Crippen molar-refractivity contribution in [1.82, 2.24) is 9.97 Å². The van der Waals surface area contributed by atoms with E-state index in [1.165, 1.54) is 5.75 Å². The molecular weight excluding hydrogens is 306 g/mol. The van der Waals surface area contributed by atoms with E-state index in [0.717, 1.165) is 21.7 Å². The second-order valence-corrected chi connectivity index (χ2v) is 7.26. The number of thioether (sulfide) groups is 2. The Morgan fingerprint density at radius 1 is 1.31 bits per heavy atom. The monoisotopic (exact) mass is 319 g/mol. The van der Waals surface area contributed by atoms with Crippen LogP contribution in [-0.4, -0.2) is 26.7 Å². The number of nitrogens with zero attached hydrogens (tertiary/aromatic N) is 2. The van der Waals surface area contributed by atoms with Gasteiger partial charge in [0, 0.05) is 16.8 Å². The Balaban J connectivity index is 2.32. The summed E-state index contributed by atoms with van der Waals surface area (Å²) < 4.78 is 0.817. The van der Waals surface area contributed by atoms with Crippen LogP contribution in [0.25, 0.3) is 0 Å². The molecule has 1 aromatic heterocycles. The smallest absolute Gasteiger partial charge is 0.145 e. The van der Waals surface area contributed by atoms with Gasteiger partial charge >= 0.3 is 0 Å². The molecule has 2 N–H and O–H groups in total. The Morgan fingerprint density at radius 2 is 2.00 bits per heavy atom. The Hall–Kier alpha value is 0.0600. The molecule has 0 bridgehead atoms. The highest BCUT2D eigenvalue weighted by Crippen LogP contribution is 2.41. The summed E-state index contributed by atoms with van der Waals surface area (Å²) in [7, 11) is 0. The van der Waals surface area contributed by atoms with E-state index in [9.17, 15) is 0 Å². The number of anilines is 1. The van der Waals surface area contributed by atoms with Crippen molar-refractivity contribution in [2.24, 2.45) is 0 Å². The Morgan fingerprint density at radius 3 is 2.62 bits per heavy atom. The van der Waals surface area contributed by atoms with Gasteiger partial charge in [0.15, 0.2) is 0 Å². The second-order valence-electron chi connectivity index (χ2n) is 3.73. The molecule has 0 aliphatic carbocycles. The first-order valence-electron chi connectivity index (χ1n) is 5.12. The van der Waals surface area contributed by atoms with Gasteiger partial charge < -0.3 is 5.73 Å². The second kappa shape index (κ2) is 5.14. The summed E-state index contributed by atoms with van der Waals surface area (Å²) in [6.07, 6.45) is 0. The predicted molar refractivity (Wildman–Crippen MR) is 76.0 cm³/mol. The summed E-state index contributed by atoms with van der Waals surface area (Å²) in [5, 5.41) is 0.923. The summed E-state index contributed by atoms with van der Waals surface area (Å²) in [5.41, 5.74) is 6.78. The van der Waals surface area contributed by atoms with Crippen LogP contribution in [0, 0.1) is 6.92 Å².